The molecule has 3 rings (SSSR count). The molecular formula is C26H44N4O2. The smallest absolute Gasteiger partial charge is 0.222 e. The van der Waals surface area contributed by atoms with E-state index in [1.54, 1.807) is 7.11 Å². The third-order valence-corrected chi connectivity index (χ3v) is 7.35. The van der Waals surface area contributed by atoms with Crippen molar-refractivity contribution in [2.45, 2.75) is 84.7 Å². The monoisotopic (exact) mass is 444 g/mol. The maximum absolute atomic E-state index is 13.4. The molecule has 2 atom stereocenters. The zero-order valence-electron chi connectivity index (χ0n) is 20.9. The maximum atomic E-state index is 13.4. The number of nitrogens with zero attached hydrogens (tertiary/aromatic N) is 4. The molecule has 2 aliphatic heterocycles. The van der Waals surface area contributed by atoms with Crippen LogP contribution in [0.3, 0.4) is 0 Å². The van der Waals surface area contributed by atoms with E-state index in [2.05, 4.69) is 35.3 Å². The van der Waals surface area contributed by atoms with Gasteiger partial charge in [0.15, 0.2) is 0 Å². The van der Waals surface area contributed by atoms with Crippen LogP contribution in [0.15, 0.2) is 12.2 Å². The summed E-state index contributed by atoms with van der Waals surface area (Å²) in [4.78, 5) is 18.2. The van der Waals surface area contributed by atoms with Gasteiger partial charge in [-0.1, -0.05) is 18.6 Å². The van der Waals surface area contributed by atoms with Gasteiger partial charge in [-0.15, -0.1) is 0 Å². The van der Waals surface area contributed by atoms with Crippen LogP contribution in [0.25, 0.3) is 0 Å². The summed E-state index contributed by atoms with van der Waals surface area (Å²) >= 11 is 0. The number of hydrogen-bond acceptors (Lipinski definition) is 4. The van der Waals surface area contributed by atoms with E-state index in [0.717, 1.165) is 49.4 Å². The molecule has 1 amide bonds. The van der Waals surface area contributed by atoms with Crippen LogP contribution in [0.2, 0.25) is 0 Å². The molecule has 0 saturated carbocycles. The molecule has 6 nitrogen and oxygen atoms in total. The lowest BCUT2D eigenvalue weighted by atomic mass is 9.83. The van der Waals surface area contributed by atoms with Crippen molar-refractivity contribution in [2.24, 2.45) is 5.92 Å². The van der Waals surface area contributed by atoms with Gasteiger partial charge >= 0.3 is 0 Å². The number of piperidine rings is 2. The molecule has 2 aliphatic rings. The fourth-order valence-corrected chi connectivity index (χ4v) is 5.69. The predicted molar refractivity (Wildman–Crippen MR) is 130 cm³/mol. The quantitative estimate of drug-likeness (QED) is 0.380. The lowest BCUT2D eigenvalue weighted by Gasteiger charge is -2.45. The topological polar surface area (TPSA) is 50.6 Å². The van der Waals surface area contributed by atoms with Gasteiger partial charge in [-0.25, -0.2) is 0 Å². The summed E-state index contributed by atoms with van der Waals surface area (Å²) in [6.45, 7) is 15.8. The van der Waals surface area contributed by atoms with Crippen molar-refractivity contribution in [3.8, 4) is 0 Å². The van der Waals surface area contributed by atoms with Gasteiger partial charge in [0.1, 0.15) is 0 Å². The maximum Gasteiger partial charge on any atom is 0.222 e. The van der Waals surface area contributed by atoms with E-state index in [9.17, 15) is 4.79 Å². The Bertz CT molecular complexity index is 770. The fourth-order valence-electron chi connectivity index (χ4n) is 5.69. The molecule has 3 heterocycles. The third kappa shape index (κ3) is 6.44. The number of ether oxygens (including phenoxy) is 1. The van der Waals surface area contributed by atoms with Gasteiger partial charge in [0.25, 0.3) is 0 Å². The van der Waals surface area contributed by atoms with Crippen molar-refractivity contribution in [3.05, 3.63) is 29.1 Å². The number of fused-ring (bicyclic) bond motifs is 1. The minimum Gasteiger partial charge on any atom is -0.385 e. The summed E-state index contributed by atoms with van der Waals surface area (Å²) in [5, 5.41) is 4.68. The number of carbonyl (C=O) groups is 1. The Hall–Kier alpha value is -1.66. The number of rotatable bonds is 11. The molecule has 32 heavy (non-hydrogen) atoms. The highest BCUT2D eigenvalue weighted by Crippen LogP contribution is 2.31. The van der Waals surface area contributed by atoms with Crippen molar-refractivity contribution in [1.82, 2.24) is 19.6 Å². The van der Waals surface area contributed by atoms with Crippen molar-refractivity contribution in [3.63, 3.8) is 0 Å². The number of methoxy groups -OCH3 is 1. The molecule has 2 fully saturated rings. The van der Waals surface area contributed by atoms with E-state index in [4.69, 9.17) is 4.74 Å². The van der Waals surface area contributed by atoms with E-state index in [1.807, 2.05) is 11.6 Å². The fraction of sp³-hybridized carbons (Fsp3) is 0.769. The Morgan fingerprint density at radius 2 is 2.00 bits per heavy atom. The van der Waals surface area contributed by atoms with Crippen molar-refractivity contribution >= 4 is 5.91 Å². The lowest BCUT2D eigenvalue weighted by Crippen LogP contribution is -2.51. The molecular weight excluding hydrogens is 400 g/mol. The minimum atomic E-state index is 0.278. The van der Waals surface area contributed by atoms with Crippen molar-refractivity contribution in [1.29, 1.82) is 0 Å². The van der Waals surface area contributed by atoms with Crippen LogP contribution >= 0.6 is 0 Å². The highest BCUT2D eigenvalue weighted by atomic mass is 16.5. The molecule has 0 spiro atoms. The Kier molecular flexibility index (Phi) is 9.35. The zero-order chi connectivity index (χ0) is 23.1. The first-order valence-electron chi connectivity index (χ1n) is 12.6. The largest absolute Gasteiger partial charge is 0.385 e. The Balaban J connectivity index is 1.64. The van der Waals surface area contributed by atoms with Gasteiger partial charge in [-0.05, 0) is 83.9 Å². The standard InChI is InChI=1S/C26H44N4O2/c1-20(2)18-30-22(4)24(21(3)27-30)12-13-26(31)29(16-9-17-32-5)19-23-10-8-15-28-14-7-6-11-25(23)28/h23,25H,1,6-19H2,2-5H3/t23-,25-/m1/s1. The SMILES string of the molecule is C=C(C)Cn1nc(C)c(CCC(=O)N(CCCOC)C[C@H]2CCCN3CCCC[C@H]23)c1C. The first-order chi connectivity index (χ1) is 15.4. The summed E-state index contributed by atoms with van der Waals surface area (Å²) in [5.41, 5.74) is 4.50. The van der Waals surface area contributed by atoms with E-state index < -0.39 is 0 Å². The molecule has 0 N–H and O–H groups in total. The van der Waals surface area contributed by atoms with Crippen LogP contribution in [0.5, 0.6) is 0 Å². The summed E-state index contributed by atoms with van der Waals surface area (Å²) in [6.07, 6.45) is 8.69. The molecule has 0 aliphatic carbocycles. The Morgan fingerprint density at radius 1 is 1.22 bits per heavy atom. The van der Waals surface area contributed by atoms with E-state index >= 15 is 0 Å². The summed E-state index contributed by atoms with van der Waals surface area (Å²) < 4.78 is 7.30. The molecule has 6 heteroatoms. The lowest BCUT2D eigenvalue weighted by molar-refractivity contribution is -0.132. The van der Waals surface area contributed by atoms with Crippen LogP contribution in [-0.2, 0) is 22.5 Å². The highest BCUT2D eigenvalue weighted by molar-refractivity contribution is 5.76. The van der Waals surface area contributed by atoms with Gasteiger partial charge in [0.2, 0.25) is 5.91 Å². The zero-order valence-corrected chi connectivity index (χ0v) is 20.9. The summed E-state index contributed by atoms with van der Waals surface area (Å²) in [7, 11) is 1.74. The minimum absolute atomic E-state index is 0.278. The number of hydrogen-bond donors (Lipinski definition) is 0. The van der Waals surface area contributed by atoms with Gasteiger partial charge in [-0.2, -0.15) is 5.10 Å². The average molecular weight is 445 g/mol. The number of amides is 1. The Morgan fingerprint density at radius 3 is 2.75 bits per heavy atom. The van der Waals surface area contributed by atoms with Crippen LogP contribution in [0.4, 0.5) is 0 Å². The molecule has 0 bridgehead atoms. The summed E-state index contributed by atoms with van der Waals surface area (Å²) in [6, 6.07) is 0.667. The number of aryl methyl sites for hydroxylation is 1. The number of aromatic nitrogens is 2. The number of carbonyl (C=O) groups excluding carboxylic acids is 1. The molecule has 1 aromatic rings. The molecule has 0 aromatic carbocycles. The van der Waals surface area contributed by atoms with E-state index in [0.29, 0.717) is 25.0 Å². The van der Waals surface area contributed by atoms with Gasteiger partial charge in [0.05, 0.1) is 12.2 Å². The molecule has 0 radical (unpaired) electrons. The summed E-state index contributed by atoms with van der Waals surface area (Å²) in [5.74, 6) is 0.887. The molecule has 0 unspecified atom stereocenters. The second kappa shape index (κ2) is 12.0. The second-order valence-electron chi connectivity index (χ2n) is 9.95. The van der Waals surface area contributed by atoms with Gasteiger partial charge in [0, 0.05) is 45.0 Å². The first kappa shape index (κ1) is 25.0. The highest BCUT2D eigenvalue weighted by Gasteiger charge is 2.34. The average Bonchev–Trinajstić information content (AvgIpc) is 3.03. The van der Waals surface area contributed by atoms with Crippen LogP contribution < -0.4 is 0 Å². The normalized spacial score (nSPS) is 21.4. The first-order valence-corrected chi connectivity index (χ1v) is 12.6. The van der Waals surface area contributed by atoms with Crippen LogP contribution in [0, 0.1) is 19.8 Å². The van der Waals surface area contributed by atoms with Crippen LogP contribution in [-0.4, -0.2) is 71.4 Å². The third-order valence-electron chi connectivity index (χ3n) is 7.35. The van der Waals surface area contributed by atoms with E-state index in [-0.39, 0.29) is 5.91 Å². The molecule has 2 saturated heterocycles. The second-order valence-corrected chi connectivity index (χ2v) is 9.95. The predicted octanol–water partition coefficient (Wildman–Crippen LogP) is 4.14. The molecule has 180 valence electrons. The van der Waals surface area contributed by atoms with Crippen molar-refractivity contribution < 1.29 is 9.53 Å². The van der Waals surface area contributed by atoms with Gasteiger partial charge in [-0.3, -0.25) is 9.48 Å². The van der Waals surface area contributed by atoms with Crippen molar-refractivity contribution in [2.75, 3.05) is 39.9 Å². The Labute approximate surface area is 195 Å². The van der Waals surface area contributed by atoms with E-state index in [1.165, 1.54) is 50.8 Å². The van der Waals surface area contributed by atoms with Crippen LogP contribution in [0.1, 0.15) is 68.8 Å². The van der Waals surface area contributed by atoms with Gasteiger partial charge < -0.3 is 14.5 Å². The molecule has 1 aromatic heterocycles. The number of allylic oxidation sites excluding steroid dienone is 1.